The Morgan fingerprint density at radius 1 is 0.708 bits per heavy atom. The lowest BCUT2D eigenvalue weighted by molar-refractivity contribution is 0.102. The zero-order valence-corrected chi connectivity index (χ0v) is 27.7. The third-order valence-corrected chi connectivity index (χ3v) is 7.19. The lowest BCUT2D eigenvalue weighted by Crippen LogP contribution is -2.11. The number of nitrogens with one attached hydrogen (secondary N) is 2. The number of nitriles is 1. The van der Waals surface area contributed by atoms with Gasteiger partial charge in [-0.15, -0.1) is 12.4 Å². The van der Waals surface area contributed by atoms with Crippen LogP contribution in [0.1, 0.15) is 15.9 Å². The Morgan fingerprint density at radius 2 is 1.25 bits per heavy atom. The molecule has 14 heteroatoms. The molecule has 4 aromatic carbocycles. The minimum absolute atomic E-state index is 0. The molecule has 12 nitrogen and oxygen atoms in total. The van der Waals surface area contributed by atoms with Crippen LogP contribution in [0, 0.1) is 11.3 Å². The van der Waals surface area contributed by atoms with Crippen LogP contribution in [0.5, 0.6) is 23.0 Å². The van der Waals surface area contributed by atoms with Crippen molar-refractivity contribution in [1.29, 1.82) is 5.26 Å². The molecule has 0 unspecified atom stereocenters. The summed E-state index contributed by atoms with van der Waals surface area (Å²) >= 11 is 5.93. The molecular formula is C34H29Cl2N7O5. The maximum absolute atomic E-state index is 12.5. The predicted molar refractivity (Wildman–Crippen MR) is 186 cm³/mol. The van der Waals surface area contributed by atoms with E-state index in [2.05, 4.69) is 30.6 Å². The lowest BCUT2D eigenvalue weighted by Gasteiger charge is -2.13. The number of halogens is 2. The second kappa shape index (κ2) is 16.1. The van der Waals surface area contributed by atoms with Crippen LogP contribution in [0.15, 0.2) is 85.5 Å². The van der Waals surface area contributed by atoms with Crippen LogP contribution in [0.2, 0.25) is 5.15 Å². The van der Waals surface area contributed by atoms with Gasteiger partial charge in [-0.25, -0.2) is 19.9 Å². The van der Waals surface area contributed by atoms with Crippen LogP contribution in [-0.4, -0.2) is 54.3 Å². The lowest BCUT2D eigenvalue weighted by atomic mass is 10.1. The summed E-state index contributed by atoms with van der Waals surface area (Å²) in [5, 5.41) is 16.9. The van der Waals surface area contributed by atoms with E-state index >= 15 is 0 Å². The Balaban J connectivity index is 0.000000273. The van der Waals surface area contributed by atoms with Gasteiger partial charge in [0.15, 0.2) is 23.0 Å². The van der Waals surface area contributed by atoms with Crippen molar-refractivity contribution in [3.05, 3.63) is 102 Å². The molecule has 0 aliphatic rings. The minimum Gasteiger partial charge on any atom is -0.493 e. The normalized spacial score (nSPS) is 10.1. The van der Waals surface area contributed by atoms with Gasteiger partial charge < -0.3 is 29.6 Å². The molecular weight excluding hydrogens is 657 g/mol. The number of fused-ring (bicyclic) bond motifs is 2. The number of hydrogen-bond acceptors (Lipinski definition) is 11. The van der Waals surface area contributed by atoms with Crippen molar-refractivity contribution >= 4 is 68.9 Å². The summed E-state index contributed by atoms with van der Waals surface area (Å²) < 4.78 is 21.1. The molecule has 1 amide bonds. The van der Waals surface area contributed by atoms with Crippen LogP contribution in [0.3, 0.4) is 0 Å². The Hall–Kier alpha value is -5.90. The van der Waals surface area contributed by atoms with E-state index in [0.717, 1.165) is 22.0 Å². The van der Waals surface area contributed by atoms with Gasteiger partial charge in [-0.1, -0.05) is 17.7 Å². The molecule has 0 spiro atoms. The first-order valence-electron chi connectivity index (χ1n) is 13.9. The molecule has 6 rings (SSSR count). The van der Waals surface area contributed by atoms with Gasteiger partial charge in [0.2, 0.25) is 0 Å². The number of rotatable bonds is 8. The van der Waals surface area contributed by atoms with Crippen LogP contribution in [-0.2, 0) is 0 Å². The number of amides is 1. The van der Waals surface area contributed by atoms with Crippen molar-refractivity contribution in [1.82, 2.24) is 19.9 Å². The van der Waals surface area contributed by atoms with Crippen LogP contribution >= 0.6 is 24.0 Å². The molecule has 0 saturated heterocycles. The molecule has 0 radical (unpaired) electrons. The van der Waals surface area contributed by atoms with E-state index < -0.39 is 0 Å². The van der Waals surface area contributed by atoms with Gasteiger partial charge >= 0.3 is 0 Å². The van der Waals surface area contributed by atoms with Crippen molar-refractivity contribution in [2.45, 2.75) is 0 Å². The molecule has 0 aliphatic carbocycles. The van der Waals surface area contributed by atoms with Gasteiger partial charge in [-0.2, -0.15) is 5.26 Å². The van der Waals surface area contributed by atoms with Crippen LogP contribution < -0.4 is 29.6 Å². The molecule has 0 bridgehead atoms. The number of aromatic nitrogens is 4. The van der Waals surface area contributed by atoms with Gasteiger partial charge in [0.1, 0.15) is 23.6 Å². The van der Waals surface area contributed by atoms with Crippen LogP contribution in [0.25, 0.3) is 21.8 Å². The number of nitrogens with zero attached hydrogens (tertiary/aromatic N) is 5. The van der Waals surface area contributed by atoms with E-state index in [1.807, 2.05) is 24.3 Å². The molecule has 0 atom stereocenters. The average Bonchev–Trinajstić information content (AvgIpc) is 3.11. The maximum Gasteiger partial charge on any atom is 0.255 e. The molecule has 48 heavy (non-hydrogen) atoms. The highest BCUT2D eigenvalue weighted by Crippen LogP contribution is 2.35. The standard InChI is InChI=1S/C24H19N5O3.C10H9ClN2O2.ClH/c1-31-21-11-19-20(12-22(21)32-2)26-14-27-23(19)28-17-4-3-5-18(10-17)29-24(30)16-8-6-15(13-25)7-9-16;1-14-8-3-6-7(4-9(8)15-2)12-5-13-10(6)11;/h3-12,14H,1-2H3,(H,29,30)(H,26,27,28);3-5H,1-2H3;1H. The third-order valence-electron chi connectivity index (χ3n) is 6.89. The zero-order chi connectivity index (χ0) is 33.3. The van der Waals surface area contributed by atoms with E-state index in [4.69, 9.17) is 35.8 Å². The summed E-state index contributed by atoms with van der Waals surface area (Å²) in [5.41, 5.74) is 3.74. The number of carbonyl (C=O) groups excluding carboxylic acids is 1. The number of methoxy groups -OCH3 is 4. The van der Waals surface area contributed by atoms with Gasteiger partial charge in [-0.05, 0) is 54.6 Å². The second-order valence-electron chi connectivity index (χ2n) is 9.68. The second-order valence-corrected chi connectivity index (χ2v) is 10.0. The molecule has 0 aliphatic heterocycles. The fourth-order valence-corrected chi connectivity index (χ4v) is 4.74. The number of benzene rings is 4. The molecule has 2 aromatic heterocycles. The highest BCUT2D eigenvalue weighted by Gasteiger charge is 2.13. The van der Waals surface area contributed by atoms with Gasteiger partial charge in [0.05, 0.1) is 51.1 Å². The van der Waals surface area contributed by atoms with Gasteiger partial charge in [0, 0.05) is 39.8 Å². The van der Waals surface area contributed by atoms with Crippen molar-refractivity contribution in [2.24, 2.45) is 0 Å². The predicted octanol–water partition coefficient (Wildman–Crippen LogP) is 7.24. The van der Waals surface area contributed by atoms with E-state index in [9.17, 15) is 4.79 Å². The highest BCUT2D eigenvalue weighted by molar-refractivity contribution is 6.34. The first kappa shape index (κ1) is 35.0. The number of anilines is 3. The van der Waals surface area contributed by atoms with Crippen LogP contribution in [0.4, 0.5) is 17.2 Å². The summed E-state index contributed by atoms with van der Waals surface area (Å²) in [7, 11) is 6.29. The average molecular weight is 687 g/mol. The van der Waals surface area contributed by atoms with Gasteiger partial charge in [0.25, 0.3) is 5.91 Å². The summed E-state index contributed by atoms with van der Waals surface area (Å²) in [5.74, 6) is 2.71. The zero-order valence-electron chi connectivity index (χ0n) is 26.1. The van der Waals surface area contributed by atoms with Crippen molar-refractivity contribution in [2.75, 3.05) is 39.1 Å². The first-order valence-corrected chi connectivity index (χ1v) is 14.3. The topological polar surface area (TPSA) is 153 Å². The fourth-order valence-electron chi connectivity index (χ4n) is 4.55. The molecule has 0 saturated carbocycles. The quantitative estimate of drug-likeness (QED) is 0.156. The largest absolute Gasteiger partial charge is 0.493 e. The number of carbonyl (C=O) groups is 1. The maximum atomic E-state index is 12.5. The smallest absolute Gasteiger partial charge is 0.255 e. The number of ether oxygens (including phenoxy) is 4. The summed E-state index contributed by atoms with van der Waals surface area (Å²) in [4.78, 5) is 29.2. The van der Waals surface area contributed by atoms with E-state index in [1.54, 1.807) is 83.0 Å². The van der Waals surface area contributed by atoms with E-state index in [0.29, 0.717) is 56.3 Å². The molecule has 6 aromatic rings. The van der Waals surface area contributed by atoms with E-state index in [-0.39, 0.29) is 18.3 Å². The monoisotopic (exact) mass is 685 g/mol. The van der Waals surface area contributed by atoms with Crippen molar-refractivity contribution in [3.63, 3.8) is 0 Å². The molecule has 2 heterocycles. The Morgan fingerprint density at radius 3 is 1.85 bits per heavy atom. The Kier molecular flexibility index (Phi) is 11.7. The molecule has 0 fully saturated rings. The third kappa shape index (κ3) is 7.90. The SMILES string of the molecule is COc1cc2ncnc(Cl)c2cc1OC.COc1cc2ncnc(Nc3cccc(NC(=O)c4ccc(C#N)cc4)c3)c2cc1OC.Cl. The molecule has 2 N–H and O–H groups in total. The minimum atomic E-state index is -0.268. The summed E-state index contributed by atoms with van der Waals surface area (Å²) in [6.07, 6.45) is 2.88. The Labute approximate surface area is 287 Å². The number of hydrogen-bond donors (Lipinski definition) is 2. The van der Waals surface area contributed by atoms with E-state index in [1.165, 1.54) is 12.7 Å². The van der Waals surface area contributed by atoms with Gasteiger partial charge in [-0.3, -0.25) is 4.79 Å². The summed E-state index contributed by atoms with van der Waals surface area (Å²) in [6, 6.07) is 22.9. The van der Waals surface area contributed by atoms with Crippen molar-refractivity contribution < 1.29 is 23.7 Å². The fraction of sp³-hybridized carbons (Fsp3) is 0.118. The first-order chi connectivity index (χ1) is 22.9. The Bertz CT molecular complexity index is 2110. The van der Waals surface area contributed by atoms with Crippen molar-refractivity contribution in [3.8, 4) is 29.1 Å². The highest BCUT2D eigenvalue weighted by atomic mass is 35.5. The molecule has 244 valence electrons. The summed E-state index contributed by atoms with van der Waals surface area (Å²) in [6.45, 7) is 0.